The molecule has 0 atom stereocenters. The van der Waals surface area contributed by atoms with Crippen LogP contribution in [0.2, 0.25) is 0 Å². The third-order valence-electron chi connectivity index (χ3n) is 3.51. The lowest BCUT2D eigenvalue weighted by molar-refractivity contribution is -0.176. The van der Waals surface area contributed by atoms with Gasteiger partial charge in [0.15, 0.2) is 6.61 Å². The SMILES string of the molecule is NC(=O)COc1ccccc1C(=O)NCc1ccc(COCC(F)(F)F)cc1. The molecule has 0 aliphatic rings. The summed E-state index contributed by atoms with van der Waals surface area (Å²) < 4.78 is 46.0. The average Bonchev–Trinajstić information content (AvgIpc) is 2.64. The van der Waals surface area contributed by atoms with Crippen LogP contribution in [0.15, 0.2) is 48.5 Å². The summed E-state index contributed by atoms with van der Waals surface area (Å²) in [7, 11) is 0. The van der Waals surface area contributed by atoms with Crippen molar-refractivity contribution in [3.8, 4) is 5.75 Å². The number of nitrogens with two attached hydrogens (primary N) is 1. The van der Waals surface area contributed by atoms with Crippen molar-refractivity contribution in [3.05, 3.63) is 65.2 Å². The van der Waals surface area contributed by atoms with E-state index in [9.17, 15) is 22.8 Å². The Morgan fingerprint density at radius 2 is 1.64 bits per heavy atom. The van der Waals surface area contributed by atoms with E-state index < -0.39 is 24.6 Å². The van der Waals surface area contributed by atoms with Gasteiger partial charge in [-0.1, -0.05) is 36.4 Å². The predicted molar refractivity (Wildman–Crippen MR) is 94.5 cm³/mol. The summed E-state index contributed by atoms with van der Waals surface area (Å²) in [4.78, 5) is 23.2. The van der Waals surface area contributed by atoms with Gasteiger partial charge in [0.2, 0.25) is 0 Å². The summed E-state index contributed by atoms with van der Waals surface area (Å²) in [6, 6.07) is 13.0. The van der Waals surface area contributed by atoms with Gasteiger partial charge in [0.25, 0.3) is 11.8 Å². The molecule has 2 amide bonds. The van der Waals surface area contributed by atoms with E-state index in [0.717, 1.165) is 5.56 Å². The van der Waals surface area contributed by atoms with E-state index in [-0.39, 0.29) is 31.1 Å². The van der Waals surface area contributed by atoms with Crippen molar-refractivity contribution in [2.75, 3.05) is 13.2 Å². The molecule has 2 aromatic rings. The van der Waals surface area contributed by atoms with Gasteiger partial charge < -0.3 is 20.5 Å². The van der Waals surface area contributed by atoms with Crippen LogP contribution in [0.25, 0.3) is 0 Å². The molecule has 0 heterocycles. The largest absolute Gasteiger partial charge is 0.483 e. The summed E-state index contributed by atoms with van der Waals surface area (Å²) in [5.74, 6) is -0.830. The van der Waals surface area contributed by atoms with E-state index in [2.05, 4.69) is 10.1 Å². The van der Waals surface area contributed by atoms with Gasteiger partial charge in [-0.2, -0.15) is 13.2 Å². The molecule has 0 bridgehead atoms. The summed E-state index contributed by atoms with van der Waals surface area (Å²) >= 11 is 0. The van der Waals surface area contributed by atoms with Crippen LogP contribution < -0.4 is 15.8 Å². The number of rotatable bonds is 9. The van der Waals surface area contributed by atoms with E-state index in [4.69, 9.17) is 10.5 Å². The monoisotopic (exact) mass is 396 g/mol. The number of benzene rings is 2. The minimum absolute atomic E-state index is 0.156. The quantitative estimate of drug-likeness (QED) is 0.682. The number of ether oxygens (including phenoxy) is 2. The fraction of sp³-hybridized carbons (Fsp3) is 0.263. The molecular formula is C19H19F3N2O4. The number of halogens is 3. The highest BCUT2D eigenvalue weighted by Gasteiger charge is 2.27. The lowest BCUT2D eigenvalue weighted by Crippen LogP contribution is -2.25. The van der Waals surface area contributed by atoms with Gasteiger partial charge in [-0.15, -0.1) is 0 Å². The maximum atomic E-state index is 12.4. The minimum atomic E-state index is -4.36. The molecule has 0 aromatic heterocycles. The average molecular weight is 396 g/mol. The number of primary amides is 1. The molecule has 0 aliphatic heterocycles. The highest BCUT2D eigenvalue weighted by atomic mass is 19.4. The Bertz CT molecular complexity index is 808. The first-order chi connectivity index (χ1) is 13.2. The smallest absolute Gasteiger partial charge is 0.411 e. The Morgan fingerprint density at radius 1 is 1.00 bits per heavy atom. The first kappa shape index (κ1) is 21.2. The van der Waals surface area contributed by atoms with E-state index in [1.807, 2.05) is 0 Å². The number of para-hydroxylation sites is 1. The molecule has 0 spiro atoms. The number of hydrogen-bond donors (Lipinski definition) is 2. The second-order valence-corrected chi connectivity index (χ2v) is 5.86. The van der Waals surface area contributed by atoms with E-state index in [0.29, 0.717) is 5.56 Å². The molecule has 28 heavy (non-hydrogen) atoms. The van der Waals surface area contributed by atoms with Crippen LogP contribution in [0, 0.1) is 0 Å². The summed E-state index contributed by atoms with van der Waals surface area (Å²) in [6.45, 7) is -1.60. The zero-order valence-corrected chi connectivity index (χ0v) is 14.8. The molecule has 0 unspecified atom stereocenters. The molecule has 6 nitrogen and oxygen atoms in total. The minimum Gasteiger partial charge on any atom is -0.483 e. The van der Waals surface area contributed by atoms with Crippen LogP contribution >= 0.6 is 0 Å². The standard InChI is InChI=1S/C19H19F3N2O4/c20-19(21,22)12-27-10-14-7-5-13(6-8-14)9-24-18(26)15-3-1-2-4-16(15)28-11-17(23)25/h1-8H,9-12H2,(H2,23,25)(H,24,26). The van der Waals surface area contributed by atoms with Crippen LogP contribution in [0.3, 0.4) is 0 Å². The maximum Gasteiger partial charge on any atom is 0.411 e. The lowest BCUT2D eigenvalue weighted by atomic mass is 10.1. The second-order valence-electron chi connectivity index (χ2n) is 5.86. The van der Waals surface area contributed by atoms with Crippen LogP contribution in [0.4, 0.5) is 13.2 Å². The Morgan fingerprint density at radius 3 is 2.29 bits per heavy atom. The highest BCUT2D eigenvalue weighted by Crippen LogP contribution is 2.18. The predicted octanol–water partition coefficient (Wildman–Crippen LogP) is 2.56. The summed E-state index contributed by atoms with van der Waals surface area (Å²) in [5.41, 5.74) is 6.63. The van der Waals surface area contributed by atoms with Crippen molar-refractivity contribution in [1.82, 2.24) is 5.32 Å². The Kier molecular flexibility index (Phi) is 7.39. The summed E-state index contributed by atoms with van der Waals surface area (Å²) in [5, 5.41) is 2.71. The van der Waals surface area contributed by atoms with Gasteiger partial charge in [0, 0.05) is 6.54 Å². The topological polar surface area (TPSA) is 90.7 Å². The van der Waals surface area contributed by atoms with Gasteiger partial charge in [0.1, 0.15) is 12.4 Å². The van der Waals surface area contributed by atoms with Crippen LogP contribution in [0.5, 0.6) is 5.75 Å². The van der Waals surface area contributed by atoms with Crippen molar-refractivity contribution < 1.29 is 32.2 Å². The molecule has 2 aromatic carbocycles. The van der Waals surface area contributed by atoms with Crippen LogP contribution in [-0.2, 0) is 22.7 Å². The zero-order chi connectivity index (χ0) is 20.6. The van der Waals surface area contributed by atoms with Crippen molar-refractivity contribution in [2.24, 2.45) is 5.73 Å². The number of carbonyl (C=O) groups is 2. The maximum absolute atomic E-state index is 12.4. The third kappa shape index (κ3) is 7.28. The van der Waals surface area contributed by atoms with Gasteiger partial charge >= 0.3 is 6.18 Å². The van der Waals surface area contributed by atoms with Crippen molar-refractivity contribution in [3.63, 3.8) is 0 Å². The van der Waals surface area contributed by atoms with Crippen LogP contribution in [-0.4, -0.2) is 31.2 Å². The number of amides is 2. The van der Waals surface area contributed by atoms with Crippen molar-refractivity contribution in [1.29, 1.82) is 0 Å². The van der Waals surface area contributed by atoms with Crippen LogP contribution in [0.1, 0.15) is 21.5 Å². The Balaban J connectivity index is 1.88. The molecule has 0 saturated carbocycles. The van der Waals surface area contributed by atoms with E-state index >= 15 is 0 Å². The molecule has 150 valence electrons. The molecule has 3 N–H and O–H groups in total. The molecule has 0 radical (unpaired) electrons. The molecule has 0 aliphatic carbocycles. The highest BCUT2D eigenvalue weighted by molar-refractivity contribution is 5.97. The van der Waals surface area contributed by atoms with Gasteiger partial charge in [-0.3, -0.25) is 9.59 Å². The van der Waals surface area contributed by atoms with Gasteiger partial charge in [0.05, 0.1) is 12.2 Å². The van der Waals surface area contributed by atoms with Gasteiger partial charge in [-0.05, 0) is 23.3 Å². The number of carbonyl (C=O) groups excluding carboxylic acids is 2. The third-order valence-corrected chi connectivity index (χ3v) is 3.51. The molecule has 0 saturated heterocycles. The molecule has 0 fully saturated rings. The van der Waals surface area contributed by atoms with E-state index in [1.54, 1.807) is 48.5 Å². The van der Waals surface area contributed by atoms with Crippen molar-refractivity contribution >= 4 is 11.8 Å². The zero-order valence-electron chi connectivity index (χ0n) is 14.8. The number of nitrogens with one attached hydrogen (secondary N) is 1. The first-order valence-electron chi connectivity index (χ1n) is 8.25. The number of hydrogen-bond acceptors (Lipinski definition) is 4. The summed E-state index contributed by atoms with van der Waals surface area (Å²) in [6.07, 6.45) is -4.36. The Labute approximate surface area is 159 Å². The molecular weight excluding hydrogens is 377 g/mol. The van der Waals surface area contributed by atoms with Gasteiger partial charge in [-0.25, -0.2) is 0 Å². The normalized spacial score (nSPS) is 11.1. The Hall–Kier alpha value is -3.07. The van der Waals surface area contributed by atoms with Crippen molar-refractivity contribution in [2.45, 2.75) is 19.3 Å². The number of alkyl halides is 3. The van der Waals surface area contributed by atoms with E-state index in [1.165, 1.54) is 0 Å². The molecule has 2 rings (SSSR count). The first-order valence-corrected chi connectivity index (χ1v) is 8.25. The second kappa shape index (κ2) is 9.75. The molecule has 9 heteroatoms. The fourth-order valence-electron chi connectivity index (χ4n) is 2.24. The lowest BCUT2D eigenvalue weighted by Gasteiger charge is -2.11. The fourth-order valence-corrected chi connectivity index (χ4v) is 2.24.